The predicted molar refractivity (Wildman–Crippen MR) is 112 cm³/mol. The van der Waals surface area contributed by atoms with Gasteiger partial charge >= 0.3 is 0 Å². The Hall–Kier alpha value is -2.95. The molecule has 29 heavy (non-hydrogen) atoms. The van der Waals surface area contributed by atoms with Crippen molar-refractivity contribution >= 4 is 23.6 Å². The SMILES string of the molecule is O=C1C[C@@](/C=C/c2ccccc2)(C(=O)NC2CCCCC2)N1c1ccc(F)cc1. The topological polar surface area (TPSA) is 49.4 Å². The van der Waals surface area contributed by atoms with Gasteiger partial charge in [0, 0.05) is 11.7 Å². The minimum Gasteiger partial charge on any atom is -0.351 e. The molecule has 0 spiro atoms. The molecule has 1 aliphatic heterocycles. The molecule has 4 rings (SSSR count). The van der Waals surface area contributed by atoms with Crippen LogP contribution in [0.3, 0.4) is 0 Å². The molecule has 5 heteroatoms. The highest BCUT2D eigenvalue weighted by Crippen LogP contribution is 2.39. The summed E-state index contributed by atoms with van der Waals surface area (Å²) in [5, 5.41) is 3.17. The minimum atomic E-state index is -1.10. The number of hydrogen-bond acceptors (Lipinski definition) is 2. The van der Waals surface area contributed by atoms with E-state index in [1.54, 1.807) is 12.1 Å². The summed E-state index contributed by atoms with van der Waals surface area (Å²) in [6.07, 6.45) is 9.15. The van der Waals surface area contributed by atoms with E-state index < -0.39 is 5.54 Å². The average Bonchev–Trinajstić information content (AvgIpc) is 2.74. The number of anilines is 1. The Morgan fingerprint density at radius 3 is 2.38 bits per heavy atom. The fourth-order valence-electron chi connectivity index (χ4n) is 4.23. The van der Waals surface area contributed by atoms with Gasteiger partial charge in [0.1, 0.15) is 5.82 Å². The number of carbonyl (C=O) groups excluding carboxylic acids is 2. The second-order valence-electron chi connectivity index (χ2n) is 7.86. The number of nitrogens with one attached hydrogen (secondary N) is 1. The Balaban J connectivity index is 1.66. The molecule has 0 unspecified atom stereocenters. The highest BCUT2D eigenvalue weighted by Gasteiger charge is 2.55. The van der Waals surface area contributed by atoms with Gasteiger partial charge in [-0.15, -0.1) is 0 Å². The van der Waals surface area contributed by atoms with Crippen LogP contribution in [0.25, 0.3) is 6.08 Å². The molecule has 2 aliphatic rings. The first kappa shape index (κ1) is 19.4. The fourth-order valence-corrected chi connectivity index (χ4v) is 4.23. The zero-order valence-corrected chi connectivity index (χ0v) is 16.3. The van der Waals surface area contributed by atoms with Gasteiger partial charge in [0.15, 0.2) is 5.54 Å². The van der Waals surface area contributed by atoms with Gasteiger partial charge in [-0.05, 0) is 48.7 Å². The van der Waals surface area contributed by atoms with Crippen molar-refractivity contribution in [3.05, 3.63) is 72.1 Å². The fraction of sp³-hybridized carbons (Fsp3) is 0.333. The van der Waals surface area contributed by atoms with Crippen molar-refractivity contribution in [1.82, 2.24) is 5.32 Å². The largest absolute Gasteiger partial charge is 0.351 e. The van der Waals surface area contributed by atoms with E-state index in [1.807, 2.05) is 42.5 Å². The zero-order valence-electron chi connectivity index (χ0n) is 16.3. The third kappa shape index (κ3) is 3.95. The van der Waals surface area contributed by atoms with Crippen molar-refractivity contribution in [2.75, 3.05) is 4.90 Å². The van der Waals surface area contributed by atoms with E-state index in [-0.39, 0.29) is 30.1 Å². The molecule has 0 aromatic heterocycles. The number of nitrogens with zero attached hydrogens (tertiary/aromatic N) is 1. The van der Waals surface area contributed by atoms with Gasteiger partial charge in [-0.1, -0.05) is 55.7 Å². The van der Waals surface area contributed by atoms with E-state index in [9.17, 15) is 14.0 Å². The van der Waals surface area contributed by atoms with E-state index in [1.165, 1.54) is 23.5 Å². The summed E-state index contributed by atoms with van der Waals surface area (Å²) in [5.74, 6) is -0.688. The van der Waals surface area contributed by atoms with Crippen LogP contribution in [0, 0.1) is 5.82 Å². The lowest BCUT2D eigenvalue weighted by atomic mass is 9.80. The van der Waals surface area contributed by atoms with Gasteiger partial charge in [-0.3, -0.25) is 14.5 Å². The first-order chi connectivity index (χ1) is 14.1. The van der Waals surface area contributed by atoms with Gasteiger partial charge in [-0.2, -0.15) is 0 Å². The molecule has 1 aliphatic carbocycles. The van der Waals surface area contributed by atoms with Crippen LogP contribution in [0.4, 0.5) is 10.1 Å². The lowest BCUT2D eigenvalue weighted by molar-refractivity contribution is -0.137. The van der Waals surface area contributed by atoms with E-state index in [0.29, 0.717) is 5.69 Å². The van der Waals surface area contributed by atoms with Crippen molar-refractivity contribution in [3.8, 4) is 0 Å². The van der Waals surface area contributed by atoms with E-state index in [4.69, 9.17) is 0 Å². The van der Waals surface area contributed by atoms with Gasteiger partial charge in [0.2, 0.25) is 5.91 Å². The molecule has 1 heterocycles. The second kappa shape index (κ2) is 8.19. The minimum absolute atomic E-state index is 0.103. The van der Waals surface area contributed by atoms with E-state index >= 15 is 0 Å². The first-order valence-electron chi connectivity index (χ1n) is 10.2. The highest BCUT2D eigenvalue weighted by atomic mass is 19.1. The van der Waals surface area contributed by atoms with Crippen LogP contribution in [0.2, 0.25) is 0 Å². The first-order valence-corrected chi connectivity index (χ1v) is 10.2. The summed E-state index contributed by atoms with van der Waals surface area (Å²) < 4.78 is 13.4. The van der Waals surface area contributed by atoms with E-state index in [2.05, 4.69) is 5.32 Å². The molecule has 1 saturated heterocycles. The Morgan fingerprint density at radius 1 is 1.03 bits per heavy atom. The Labute approximate surface area is 170 Å². The van der Waals surface area contributed by atoms with Crippen LogP contribution >= 0.6 is 0 Å². The Morgan fingerprint density at radius 2 is 1.72 bits per heavy atom. The average molecular weight is 392 g/mol. The number of β-lactam (4-membered cyclic amide) rings is 1. The third-order valence-electron chi connectivity index (χ3n) is 5.84. The van der Waals surface area contributed by atoms with Crippen LogP contribution in [-0.2, 0) is 9.59 Å². The molecule has 0 radical (unpaired) electrons. The highest BCUT2D eigenvalue weighted by molar-refractivity contribution is 6.15. The van der Waals surface area contributed by atoms with Gasteiger partial charge in [-0.25, -0.2) is 4.39 Å². The van der Waals surface area contributed by atoms with Crippen LogP contribution < -0.4 is 10.2 Å². The number of halogens is 1. The summed E-state index contributed by atoms with van der Waals surface area (Å²) in [6.45, 7) is 0. The molecule has 1 saturated carbocycles. The monoisotopic (exact) mass is 392 g/mol. The predicted octanol–water partition coefficient (Wildman–Crippen LogP) is 4.46. The van der Waals surface area contributed by atoms with Crippen molar-refractivity contribution < 1.29 is 14.0 Å². The Bertz CT molecular complexity index is 904. The summed E-state index contributed by atoms with van der Waals surface area (Å²) >= 11 is 0. The summed E-state index contributed by atoms with van der Waals surface area (Å²) in [5.41, 5.74) is 0.386. The molecule has 1 N–H and O–H groups in total. The maximum absolute atomic E-state index is 13.4. The van der Waals surface area contributed by atoms with Crippen molar-refractivity contribution in [2.45, 2.75) is 50.1 Å². The number of amides is 2. The lowest BCUT2D eigenvalue weighted by Gasteiger charge is -2.49. The molecule has 2 aromatic carbocycles. The lowest BCUT2D eigenvalue weighted by Crippen LogP contribution is -2.70. The molecule has 1 atom stereocenters. The van der Waals surface area contributed by atoms with Crippen molar-refractivity contribution in [2.24, 2.45) is 0 Å². The van der Waals surface area contributed by atoms with Crippen LogP contribution in [0.1, 0.15) is 44.1 Å². The molecular formula is C24H25FN2O2. The van der Waals surface area contributed by atoms with Crippen molar-refractivity contribution in [3.63, 3.8) is 0 Å². The Kier molecular flexibility index (Phi) is 5.47. The summed E-state index contributed by atoms with van der Waals surface area (Å²) in [6, 6.07) is 15.5. The second-order valence-corrected chi connectivity index (χ2v) is 7.86. The molecule has 2 aromatic rings. The van der Waals surface area contributed by atoms with Crippen LogP contribution in [0.5, 0.6) is 0 Å². The van der Waals surface area contributed by atoms with Crippen LogP contribution in [-0.4, -0.2) is 23.4 Å². The molecule has 2 amide bonds. The molecule has 150 valence electrons. The van der Waals surface area contributed by atoms with Crippen LogP contribution in [0.15, 0.2) is 60.7 Å². The number of hydrogen-bond donors (Lipinski definition) is 1. The molecule has 2 fully saturated rings. The quantitative estimate of drug-likeness (QED) is 0.764. The van der Waals surface area contributed by atoms with Gasteiger partial charge < -0.3 is 5.32 Å². The van der Waals surface area contributed by atoms with Gasteiger partial charge in [0.25, 0.3) is 5.91 Å². The standard InChI is InChI=1S/C24H25FN2O2/c25-19-11-13-21(14-12-19)27-22(28)17-24(27,16-15-18-7-3-1-4-8-18)23(29)26-20-9-5-2-6-10-20/h1,3-4,7-8,11-16,20H,2,5-6,9-10,17H2,(H,26,29)/b16-15+/t24-/m0/s1. The van der Waals surface area contributed by atoms with Gasteiger partial charge in [0.05, 0.1) is 6.42 Å². The third-order valence-corrected chi connectivity index (χ3v) is 5.84. The van der Waals surface area contributed by atoms with Crippen molar-refractivity contribution in [1.29, 1.82) is 0 Å². The maximum Gasteiger partial charge on any atom is 0.251 e. The number of carbonyl (C=O) groups is 2. The number of benzene rings is 2. The number of rotatable bonds is 5. The molecule has 4 nitrogen and oxygen atoms in total. The summed E-state index contributed by atoms with van der Waals surface area (Å²) in [4.78, 5) is 27.5. The normalized spacial score (nSPS) is 22.5. The maximum atomic E-state index is 13.4. The smallest absolute Gasteiger partial charge is 0.251 e. The van der Waals surface area contributed by atoms with E-state index in [0.717, 1.165) is 31.2 Å². The molecule has 0 bridgehead atoms. The zero-order chi connectivity index (χ0) is 20.3. The summed E-state index contributed by atoms with van der Waals surface area (Å²) in [7, 11) is 0. The molecular weight excluding hydrogens is 367 g/mol.